The summed E-state index contributed by atoms with van der Waals surface area (Å²) in [5.41, 5.74) is 0.626. The molecule has 0 spiro atoms. The highest BCUT2D eigenvalue weighted by Crippen LogP contribution is 2.22. The van der Waals surface area contributed by atoms with E-state index in [0.29, 0.717) is 5.56 Å². The number of anilines is 1. The molecule has 2 heterocycles. The maximum absolute atomic E-state index is 8.75. The molecule has 4 heteroatoms. The van der Waals surface area contributed by atoms with Crippen LogP contribution >= 0.6 is 0 Å². The molecule has 1 aromatic heterocycles. The summed E-state index contributed by atoms with van der Waals surface area (Å²) in [6, 6.07) is 5.89. The highest BCUT2D eigenvalue weighted by atomic mass is 15.2. The fraction of sp³-hybridized carbons (Fsp3) is 0.571. The molecule has 1 aliphatic rings. The number of pyridine rings is 1. The number of hydrogen-bond acceptors (Lipinski definition) is 4. The molecule has 0 atom stereocenters. The Hall–Kier alpha value is -1.60. The van der Waals surface area contributed by atoms with Crippen molar-refractivity contribution in [2.75, 3.05) is 38.6 Å². The SMILES string of the molecule is CN(C)CC1CCN(c2ccc(C#N)cn2)CC1. The minimum atomic E-state index is 0.626. The van der Waals surface area contributed by atoms with Crippen molar-refractivity contribution < 1.29 is 0 Å². The average Bonchev–Trinajstić information content (AvgIpc) is 2.39. The zero-order chi connectivity index (χ0) is 13.0. The molecule has 0 amide bonds. The molecule has 1 aromatic rings. The van der Waals surface area contributed by atoms with Gasteiger partial charge in [-0.05, 0) is 45.0 Å². The number of hydrogen-bond donors (Lipinski definition) is 0. The van der Waals surface area contributed by atoms with Crippen LogP contribution in [-0.4, -0.2) is 43.6 Å². The molecule has 0 aliphatic carbocycles. The molecule has 2 rings (SSSR count). The first-order chi connectivity index (χ1) is 8.69. The van der Waals surface area contributed by atoms with Crippen LogP contribution in [0.1, 0.15) is 18.4 Å². The van der Waals surface area contributed by atoms with Crippen LogP contribution in [0.4, 0.5) is 5.82 Å². The third-order valence-electron chi connectivity index (χ3n) is 3.44. The van der Waals surface area contributed by atoms with E-state index in [1.54, 1.807) is 6.20 Å². The van der Waals surface area contributed by atoms with Gasteiger partial charge in [0.15, 0.2) is 0 Å². The minimum absolute atomic E-state index is 0.626. The Balaban J connectivity index is 1.91. The molecule has 1 fully saturated rings. The van der Waals surface area contributed by atoms with E-state index in [1.807, 2.05) is 12.1 Å². The molecule has 0 N–H and O–H groups in total. The van der Waals surface area contributed by atoms with Crippen LogP contribution in [0.5, 0.6) is 0 Å². The maximum Gasteiger partial charge on any atom is 0.128 e. The lowest BCUT2D eigenvalue weighted by Crippen LogP contribution is -2.37. The molecule has 96 valence electrons. The second-order valence-electron chi connectivity index (χ2n) is 5.21. The van der Waals surface area contributed by atoms with Crippen molar-refractivity contribution in [1.82, 2.24) is 9.88 Å². The highest BCUT2D eigenvalue weighted by Gasteiger charge is 2.20. The van der Waals surface area contributed by atoms with Gasteiger partial charge in [-0.3, -0.25) is 0 Å². The van der Waals surface area contributed by atoms with E-state index < -0.39 is 0 Å². The number of aromatic nitrogens is 1. The van der Waals surface area contributed by atoms with Crippen molar-refractivity contribution in [3.63, 3.8) is 0 Å². The van der Waals surface area contributed by atoms with E-state index in [-0.39, 0.29) is 0 Å². The summed E-state index contributed by atoms with van der Waals surface area (Å²) >= 11 is 0. The number of rotatable bonds is 3. The summed E-state index contributed by atoms with van der Waals surface area (Å²) in [5, 5.41) is 8.75. The average molecular weight is 244 g/mol. The van der Waals surface area contributed by atoms with Gasteiger partial charge in [-0.2, -0.15) is 5.26 Å². The fourth-order valence-corrected chi connectivity index (χ4v) is 2.50. The molecule has 0 radical (unpaired) electrons. The molecule has 4 nitrogen and oxygen atoms in total. The molecule has 0 saturated carbocycles. The van der Waals surface area contributed by atoms with Gasteiger partial charge in [-0.1, -0.05) is 0 Å². The quantitative estimate of drug-likeness (QED) is 0.812. The standard InChI is InChI=1S/C14H20N4/c1-17(2)11-12-5-7-18(8-6-12)14-4-3-13(9-15)10-16-14/h3-4,10,12H,5-8,11H2,1-2H3. The van der Waals surface area contributed by atoms with E-state index >= 15 is 0 Å². The van der Waals surface area contributed by atoms with Crippen LogP contribution in [0.25, 0.3) is 0 Å². The van der Waals surface area contributed by atoms with Gasteiger partial charge >= 0.3 is 0 Å². The van der Waals surface area contributed by atoms with Crippen molar-refractivity contribution in [3.05, 3.63) is 23.9 Å². The lowest BCUT2D eigenvalue weighted by molar-refractivity contribution is 0.284. The van der Waals surface area contributed by atoms with Crippen LogP contribution in [0, 0.1) is 17.2 Å². The van der Waals surface area contributed by atoms with Crippen LogP contribution in [0.2, 0.25) is 0 Å². The van der Waals surface area contributed by atoms with Crippen molar-refractivity contribution in [2.24, 2.45) is 5.92 Å². The van der Waals surface area contributed by atoms with Gasteiger partial charge in [0.25, 0.3) is 0 Å². The van der Waals surface area contributed by atoms with Gasteiger partial charge < -0.3 is 9.80 Å². The Morgan fingerprint density at radius 3 is 2.61 bits per heavy atom. The fourth-order valence-electron chi connectivity index (χ4n) is 2.50. The summed E-state index contributed by atoms with van der Waals surface area (Å²) < 4.78 is 0. The summed E-state index contributed by atoms with van der Waals surface area (Å²) in [4.78, 5) is 8.93. The van der Waals surface area contributed by atoms with Crippen LogP contribution < -0.4 is 4.90 Å². The van der Waals surface area contributed by atoms with E-state index in [0.717, 1.165) is 24.8 Å². The van der Waals surface area contributed by atoms with E-state index in [4.69, 9.17) is 5.26 Å². The van der Waals surface area contributed by atoms with Gasteiger partial charge in [0.2, 0.25) is 0 Å². The number of nitrogens with zero attached hydrogens (tertiary/aromatic N) is 4. The second kappa shape index (κ2) is 5.83. The Morgan fingerprint density at radius 2 is 2.11 bits per heavy atom. The molecular weight excluding hydrogens is 224 g/mol. The second-order valence-corrected chi connectivity index (χ2v) is 5.21. The van der Waals surface area contributed by atoms with E-state index in [9.17, 15) is 0 Å². The summed E-state index contributed by atoms with van der Waals surface area (Å²) in [7, 11) is 4.27. The largest absolute Gasteiger partial charge is 0.357 e. The Morgan fingerprint density at radius 1 is 1.39 bits per heavy atom. The van der Waals surface area contributed by atoms with Gasteiger partial charge in [0.05, 0.1) is 5.56 Å². The van der Waals surface area contributed by atoms with Gasteiger partial charge in [0.1, 0.15) is 11.9 Å². The lowest BCUT2D eigenvalue weighted by Gasteiger charge is -2.33. The molecule has 0 aromatic carbocycles. The predicted octanol–water partition coefficient (Wildman–Crippen LogP) is 1.73. The highest BCUT2D eigenvalue weighted by molar-refractivity contribution is 5.42. The van der Waals surface area contributed by atoms with Crippen LogP contribution in [0.3, 0.4) is 0 Å². The van der Waals surface area contributed by atoms with Gasteiger partial charge in [-0.15, -0.1) is 0 Å². The van der Waals surface area contributed by atoms with Gasteiger partial charge in [0, 0.05) is 25.8 Å². The summed E-state index contributed by atoms with van der Waals surface area (Å²) in [6.45, 7) is 3.31. The molecular formula is C14H20N4. The number of nitriles is 1. The van der Waals surface area contributed by atoms with Crippen molar-refractivity contribution in [1.29, 1.82) is 5.26 Å². The predicted molar refractivity (Wildman–Crippen MR) is 72.4 cm³/mol. The molecule has 18 heavy (non-hydrogen) atoms. The Bertz CT molecular complexity index is 410. The third-order valence-corrected chi connectivity index (χ3v) is 3.44. The Kier molecular flexibility index (Phi) is 4.16. The Labute approximate surface area is 109 Å². The number of piperidine rings is 1. The van der Waals surface area contributed by atoms with Crippen LogP contribution in [-0.2, 0) is 0 Å². The minimum Gasteiger partial charge on any atom is -0.357 e. The zero-order valence-corrected chi connectivity index (χ0v) is 11.1. The van der Waals surface area contributed by atoms with E-state index in [2.05, 4.69) is 34.9 Å². The smallest absolute Gasteiger partial charge is 0.128 e. The van der Waals surface area contributed by atoms with Crippen molar-refractivity contribution >= 4 is 5.82 Å². The first-order valence-corrected chi connectivity index (χ1v) is 6.45. The maximum atomic E-state index is 8.75. The molecule has 0 bridgehead atoms. The monoisotopic (exact) mass is 244 g/mol. The van der Waals surface area contributed by atoms with Crippen molar-refractivity contribution in [3.8, 4) is 6.07 Å². The first-order valence-electron chi connectivity index (χ1n) is 6.45. The molecule has 0 unspecified atom stereocenters. The van der Waals surface area contributed by atoms with Crippen molar-refractivity contribution in [2.45, 2.75) is 12.8 Å². The molecule has 1 saturated heterocycles. The zero-order valence-electron chi connectivity index (χ0n) is 11.1. The normalized spacial score (nSPS) is 16.9. The topological polar surface area (TPSA) is 43.2 Å². The van der Waals surface area contributed by atoms with Gasteiger partial charge in [-0.25, -0.2) is 4.98 Å². The van der Waals surface area contributed by atoms with Crippen LogP contribution in [0.15, 0.2) is 18.3 Å². The third kappa shape index (κ3) is 3.21. The lowest BCUT2D eigenvalue weighted by atomic mass is 9.96. The first kappa shape index (κ1) is 12.8. The summed E-state index contributed by atoms with van der Waals surface area (Å²) in [6.07, 6.45) is 4.10. The molecule has 1 aliphatic heterocycles. The van der Waals surface area contributed by atoms with E-state index in [1.165, 1.54) is 19.4 Å². The summed E-state index contributed by atoms with van der Waals surface area (Å²) in [5.74, 6) is 1.80.